The molecular formula is C53H48O10. The van der Waals surface area contributed by atoms with E-state index in [9.17, 15) is 24.0 Å². The molecular weight excluding hydrogens is 797 g/mol. The standard InChI is InChI=1S/C27H24O6.C26H24O4/c1-4-19-16-22(10-15-25(19)21-8-13-23(14-9-21)32-18(3)28)20-6-11-24(12-7-20)33-27(30)17-31-26(29)5-2;1-5-19-16-22(20-6-11-24(12-7-20)30-26(28)17(2)3)10-15-25(19)21-8-13-23(14-9-21)29-18(4)27/h5-16H,2,4,17H2,1,3H3;6-16H,2,5H2,1,3-4H3. The molecule has 0 aliphatic rings. The summed E-state index contributed by atoms with van der Waals surface area (Å²) in [5.74, 6) is -0.562. The van der Waals surface area contributed by atoms with Gasteiger partial charge in [-0.2, -0.15) is 0 Å². The molecule has 0 fully saturated rings. The minimum absolute atomic E-state index is 0.332. The SMILES string of the molecule is C=C(C)C(=O)Oc1ccc(-c2ccc(-c3ccc(OC(C)=O)cc3)c(CC)c2)cc1.C=CC(=O)OCC(=O)Oc1ccc(-c2ccc(-c3ccc(OC(C)=O)cc3)c(CC)c2)cc1. The molecule has 0 aromatic heterocycles. The predicted octanol–water partition coefficient (Wildman–Crippen LogP) is 11.1. The minimum atomic E-state index is -0.683. The molecule has 320 valence electrons. The van der Waals surface area contributed by atoms with E-state index in [0.717, 1.165) is 63.4 Å². The molecule has 0 bridgehead atoms. The Kier molecular flexibility index (Phi) is 16.2. The van der Waals surface area contributed by atoms with Gasteiger partial charge < -0.3 is 23.7 Å². The van der Waals surface area contributed by atoms with E-state index in [-0.39, 0.29) is 11.9 Å². The third-order valence-electron chi connectivity index (χ3n) is 9.49. The van der Waals surface area contributed by atoms with Crippen molar-refractivity contribution in [1.82, 2.24) is 0 Å². The van der Waals surface area contributed by atoms with Crippen LogP contribution in [0.1, 0.15) is 45.7 Å². The van der Waals surface area contributed by atoms with Crippen LogP contribution in [0.2, 0.25) is 0 Å². The summed E-state index contributed by atoms with van der Waals surface area (Å²) in [6.07, 6.45) is 2.70. The Hall–Kier alpha value is -7.85. The maximum Gasteiger partial charge on any atom is 0.349 e. The topological polar surface area (TPSA) is 132 Å². The van der Waals surface area contributed by atoms with E-state index in [1.165, 1.54) is 25.0 Å². The van der Waals surface area contributed by atoms with Crippen molar-refractivity contribution in [3.8, 4) is 67.5 Å². The zero-order valence-electron chi connectivity index (χ0n) is 35.9. The lowest BCUT2D eigenvalue weighted by atomic mass is 9.93. The van der Waals surface area contributed by atoms with Crippen LogP contribution < -0.4 is 18.9 Å². The van der Waals surface area contributed by atoms with Crippen molar-refractivity contribution >= 4 is 29.8 Å². The van der Waals surface area contributed by atoms with Gasteiger partial charge in [0.15, 0.2) is 6.61 Å². The van der Waals surface area contributed by atoms with Crippen molar-refractivity contribution in [1.29, 1.82) is 0 Å². The Morgan fingerprint density at radius 1 is 0.476 bits per heavy atom. The van der Waals surface area contributed by atoms with E-state index in [1.54, 1.807) is 55.5 Å². The monoisotopic (exact) mass is 844 g/mol. The fraction of sp³-hybridized carbons (Fsp3) is 0.151. The summed E-state index contributed by atoms with van der Waals surface area (Å²) in [6.45, 7) is 15.0. The van der Waals surface area contributed by atoms with Crippen molar-refractivity contribution in [3.63, 3.8) is 0 Å². The number of ether oxygens (including phenoxy) is 5. The predicted molar refractivity (Wildman–Crippen MR) is 243 cm³/mol. The third-order valence-corrected chi connectivity index (χ3v) is 9.49. The van der Waals surface area contributed by atoms with Crippen LogP contribution in [0, 0.1) is 0 Å². The van der Waals surface area contributed by atoms with Crippen LogP contribution in [0.25, 0.3) is 44.5 Å². The summed E-state index contributed by atoms with van der Waals surface area (Å²) in [5, 5.41) is 0. The Balaban J connectivity index is 0.000000239. The van der Waals surface area contributed by atoms with Crippen molar-refractivity contribution in [2.45, 2.75) is 47.5 Å². The van der Waals surface area contributed by atoms with E-state index in [2.05, 4.69) is 62.1 Å². The van der Waals surface area contributed by atoms with Gasteiger partial charge in [-0.25, -0.2) is 14.4 Å². The van der Waals surface area contributed by atoms with Gasteiger partial charge in [0.25, 0.3) is 0 Å². The Morgan fingerprint density at radius 2 is 0.825 bits per heavy atom. The van der Waals surface area contributed by atoms with Crippen molar-refractivity contribution in [2.75, 3.05) is 6.61 Å². The zero-order chi connectivity index (χ0) is 45.5. The lowest BCUT2D eigenvalue weighted by Gasteiger charge is -2.12. The maximum absolute atomic E-state index is 11.8. The van der Waals surface area contributed by atoms with Crippen molar-refractivity contribution in [3.05, 3.63) is 169 Å². The van der Waals surface area contributed by atoms with Gasteiger partial charge in [0.05, 0.1) is 0 Å². The first-order chi connectivity index (χ1) is 30.3. The van der Waals surface area contributed by atoms with Gasteiger partial charge in [0.1, 0.15) is 23.0 Å². The number of rotatable bonds is 14. The number of aryl methyl sites for hydroxylation is 2. The van der Waals surface area contributed by atoms with E-state index in [1.807, 2.05) is 54.6 Å². The molecule has 6 aromatic rings. The van der Waals surface area contributed by atoms with Crippen molar-refractivity contribution in [2.24, 2.45) is 0 Å². The highest BCUT2D eigenvalue weighted by molar-refractivity contribution is 5.89. The van der Waals surface area contributed by atoms with E-state index in [4.69, 9.17) is 18.9 Å². The average Bonchev–Trinajstić information content (AvgIpc) is 3.28. The number of hydrogen-bond donors (Lipinski definition) is 0. The molecule has 0 atom stereocenters. The number of esters is 5. The molecule has 10 heteroatoms. The number of carbonyl (C=O) groups is 5. The summed E-state index contributed by atoms with van der Waals surface area (Å²) in [5.41, 5.74) is 11.2. The van der Waals surface area contributed by atoms with Crippen LogP contribution in [0.15, 0.2) is 158 Å². The average molecular weight is 845 g/mol. The van der Waals surface area contributed by atoms with Crippen LogP contribution in [0.5, 0.6) is 23.0 Å². The fourth-order valence-corrected chi connectivity index (χ4v) is 6.41. The van der Waals surface area contributed by atoms with E-state index < -0.39 is 24.5 Å². The molecule has 0 unspecified atom stereocenters. The van der Waals surface area contributed by atoms with Crippen molar-refractivity contribution < 1.29 is 47.7 Å². The van der Waals surface area contributed by atoms with Gasteiger partial charge in [-0.3, -0.25) is 9.59 Å². The second-order valence-corrected chi connectivity index (χ2v) is 14.2. The second kappa shape index (κ2) is 22.1. The number of benzene rings is 6. The molecule has 0 spiro atoms. The lowest BCUT2D eigenvalue weighted by Crippen LogP contribution is -2.17. The molecule has 0 heterocycles. The smallest absolute Gasteiger partial charge is 0.349 e. The molecule has 6 rings (SSSR count). The fourth-order valence-electron chi connectivity index (χ4n) is 6.41. The molecule has 0 saturated carbocycles. The molecule has 0 aliphatic heterocycles. The van der Waals surface area contributed by atoms with Gasteiger partial charge >= 0.3 is 29.8 Å². The normalized spacial score (nSPS) is 10.3. The first-order valence-corrected chi connectivity index (χ1v) is 20.2. The molecule has 10 nitrogen and oxygen atoms in total. The van der Waals surface area contributed by atoms with Crippen LogP contribution in [0.4, 0.5) is 0 Å². The summed E-state index contributed by atoms with van der Waals surface area (Å²) in [7, 11) is 0. The lowest BCUT2D eigenvalue weighted by molar-refractivity contribution is -0.150. The van der Waals surface area contributed by atoms with Gasteiger partial charge in [0, 0.05) is 25.5 Å². The number of carbonyl (C=O) groups excluding carboxylic acids is 5. The molecule has 0 radical (unpaired) electrons. The highest BCUT2D eigenvalue weighted by atomic mass is 16.6. The minimum Gasteiger partial charge on any atom is -0.451 e. The highest BCUT2D eigenvalue weighted by Crippen LogP contribution is 2.33. The summed E-state index contributed by atoms with van der Waals surface area (Å²) in [4.78, 5) is 56.6. The zero-order valence-corrected chi connectivity index (χ0v) is 35.9. The van der Waals surface area contributed by atoms with E-state index >= 15 is 0 Å². The van der Waals surface area contributed by atoms with E-state index in [0.29, 0.717) is 28.6 Å². The molecule has 0 saturated heterocycles. The largest absolute Gasteiger partial charge is 0.451 e. The summed E-state index contributed by atoms with van der Waals surface area (Å²) < 4.78 is 25.3. The van der Waals surface area contributed by atoms with Gasteiger partial charge in [0.2, 0.25) is 0 Å². The molecule has 6 aromatic carbocycles. The number of hydrogen-bond acceptors (Lipinski definition) is 10. The van der Waals surface area contributed by atoms with Crippen LogP contribution in [0.3, 0.4) is 0 Å². The Labute approximate surface area is 367 Å². The first-order valence-electron chi connectivity index (χ1n) is 20.2. The maximum atomic E-state index is 11.8. The molecule has 0 N–H and O–H groups in total. The molecule has 0 amide bonds. The highest BCUT2D eigenvalue weighted by Gasteiger charge is 2.12. The Bertz CT molecular complexity index is 2600. The summed E-state index contributed by atoms with van der Waals surface area (Å²) in [6, 6.07) is 42.0. The third kappa shape index (κ3) is 13.3. The molecule has 63 heavy (non-hydrogen) atoms. The Morgan fingerprint density at radius 3 is 1.17 bits per heavy atom. The van der Waals surface area contributed by atoms with Gasteiger partial charge in [-0.05, 0) is 124 Å². The quantitative estimate of drug-likeness (QED) is 0.0593. The van der Waals surface area contributed by atoms with Crippen LogP contribution in [-0.4, -0.2) is 36.5 Å². The van der Waals surface area contributed by atoms with Crippen LogP contribution >= 0.6 is 0 Å². The summed E-state index contributed by atoms with van der Waals surface area (Å²) >= 11 is 0. The van der Waals surface area contributed by atoms with Gasteiger partial charge in [-0.15, -0.1) is 0 Å². The first kappa shape index (κ1) is 46.2. The van der Waals surface area contributed by atoms with Gasteiger partial charge in [-0.1, -0.05) is 112 Å². The second-order valence-electron chi connectivity index (χ2n) is 14.2. The molecule has 0 aliphatic carbocycles. The van der Waals surface area contributed by atoms with Crippen LogP contribution in [-0.2, 0) is 41.6 Å².